The third-order valence-corrected chi connectivity index (χ3v) is 5.17. The highest BCUT2D eigenvalue weighted by Gasteiger charge is 2.40. The molecule has 2 aromatic carbocycles. The number of alkyl halides is 3. The van der Waals surface area contributed by atoms with Crippen molar-refractivity contribution in [1.29, 1.82) is 5.26 Å². The van der Waals surface area contributed by atoms with E-state index in [-0.39, 0.29) is 5.75 Å². The first-order valence-electron chi connectivity index (χ1n) is 8.66. The molecule has 0 saturated carbocycles. The van der Waals surface area contributed by atoms with Gasteiger partial charge in [0.1, 0.15) is 5.75 Å². The molecule has 10 heteroatoms. The Morgan fingerprint density at radius 1 is 1.21 bits per heavy atom. The average Bonchev–Trinajstić information content (AvgIpc) is 2.92. The number of hydrogen-bond acceptors (Lipinski definition) is 5. The van der Waals surface area contributed by atoms with E-state index in [2.05, 4.69) is 15.5 Å². The number of benzene rings is 2. The number of rotatable bonds is 5. The van der Waals surface area contributed by atoms with Crippen LogP contribution in [0.3, 0.4) is 0 Å². The third-order valence-electron chi connectivity index (χ3n) is 4.57. The van der Waals surface area contributed by atoms with Gasteiger partial charge in [-0.15, -0.1) is 13.2 Å². The molecule has 154 valence electrons. The molecule has 1 heterocycles. The molecule has 0 radical (unpaired) electrons. The standard InChI is InChI=1S/C19H18F3N3O3S/c1-3-25-17-10-14(28-19(20,21)22)8-9-15(17)16(11-23)18(25)12-4-6-13(7-5-12)24-29(2,26)27/h4-10,16,18,24H,3H2,1-2H3. The number of sulfonamides is 1. The molecule has 0 amide bonds. The summed E-state index contributed by atoms with van der Waals surface area (Å²) in [5.41, 5.74) is 2.24. The summed E-state index contributed by atoms with van der Waals surface area (Å²) >= 11 is 0. The van der Waals surface area contributed by atoms with Crippen LogP contribution in [0.15, 0.2) is 42.5 Å². The van der Waals surface area contributed by atoms with Gasteiger partial charge in [0.05, 0.1) is 24.3 Å². The largest absolute Gasteiger partial charge is 0.573 e. The maximum Gasteiger partial charge on any atom is 0.573 e. The number of likely N-dealkylation sites (N-methyl/N-ethyl adjacent to an activating group) is 1. The fourth-order valence-electron chi connectivity index (χ4n) is 3.57. The van der Waals surface area contributed by atoms with Crippen molar-refractivity contribution in [3.63, 3.8) is 0 Å². The summed E-state index contributed by atoms with van der Waals surface area (Å²) in [5, 5.41) is 9.74. The summed E-state index contributed by atoms with van der Waals surface area (Å²) in [7, 11) is -3.42. The zero-order chi connectivity index (χ0) is 21.4. The van der Waals surface area contributed by atoms with Gasteiger partial charge in [-0.05, 0) is 36.2 Å². The third kappa shape index (κ3) is 4.56. The second-order valence-corrected chi connectivity index (χ2v) is 8.35. The molecule has 2 atom stereocenters. The number of ether oxygens (including phenoxy) is 1. The number of hydrogen-bond donors (Lipinski definition) is 1. The van der Waals surface area contributed by atoms with E-state index in [1.807, 2.05) is 11.8 Å². The first-order valence-corrected chi connectivity index (χ1v) is 10.5. The lowest BCUT2D eigenvalue weighted by Crippen LogP contribution is -2.26. The lowest BCUT2D eigenvalue weighted by molar-refractivity contribution is -0.274. The zero-order valence-electron chi connectivity index (χ0n) is 15.6. The number of nitriles is 1. The van der Waals surface area contributed by atoms with Gasteiger partial charge in [0.15, 0.2) is 0 Å². The predicted molar refractivity (Wildman–Crippen MR) is 102 cm³/mol. The first kappa shape index (κ1) is 20.8. The van der Waals surface area contributed by atoms with E-state index in [1.165, 1.54) is 18.2 Å². The van der Waals surface area contributed by atoms with Gasteiger partial charge in [0, 0.05) is 24.0 Å². The summed E-state index contributed by atoms with van der Waals surface area (Å²) in [6.45, 7) is 2.29. The van der Waals surface area contributed by atoms with Crippen LogP contribution in [-0.2, 0) is 10.0 Å². The molecule has 0 aromatic heterocycles. The smallest absolute Gasteiger partial charge is 0.406 e. The summed E-state index contributed by atoms with van der Waals surface area (Å²) < 4.78 is 66.8. The van der Waals surface area contributed by atoms with E-state index in [0.29, 0.717) is 23.5 Å². The Labute approximate surface area is 166 Å². The Kier molecular flexibility index (Phi) is 5.36. The van der Waals surface area contributed by atoms with E-state index in [9.17, 15) is 26.9 Å². The number of nitrogens with zero attached hydrogens (tertiary/aromatic N) is 2. The highest BCUT2D eigenvalue weighted by molar-refractivity contribution is 7.92. The Balaban J connectivity index is 1.98. The van der Waals surface area contributed by atoms with Gasteiger partial charge in [-0.2, -0.15) is 5.26 Å². The average molecular weight is 425 g/mol. The topological polar surface area (TPSA) is 82.4 Å². The molecule has 0 fully saturated rings. The maximum atomic E-state index is 12.6. The summed E-state index contributed by atoms with van der Waals surface area (Å²) in [4.78, 5) is 1.84. The van der Waals surface area contributed by atoms with Gasteiger partial charge >= 0.3 is 6.36 Å². The molecule has 2 aromatic rings. The molecule has 3 rings (SSSR count). The van der Waals surface area contributed by atoms with Crippen molar-refractivity contribution < 1.29 is 26.3 Å². The normalized spacial score (nSPS) is 18.8. The van der Waals surface area contributed by atoms with Gasteiger partial charge in [-0.3, -0.25) is 4.72 Å². The van der Waals surface area contributed by atoms with Gasteiger partial charge in [-0.25, -0.2) is 8.42 Å². The van der Waals surface area contributed by atoms with E-state index >= 15 is 0 Å². The van der Waals surface area contributed by atoms with Crippen LogP contribution < -0.4 is 14.4 Å². The summed E-state index contributed by atoms with van der Waals surface area (Å²) in [6, 6.07) is 12.3. The van der Waals surface area contributed by atoms with Gasteiger partial charge in [0.2, 0.25) is 10.0 Å². The van der Waals surface area contributed by atoms with Crippen LogP contribution in [0.2, 0.25) is 0 Å². The first-order chi connectivity index (χ1) is 13.5. The molecule has 0 bridgehead atoms. The van der Waals surface area contributed by atoms with E-state index in [0.717, 1.165) is 11.8 Å². The van der Waals surface area contributed by atoms with Crippen LogP contribution in [-0.4, -0.2) is 27.6 Å². The SMILES string of the molecule is CCN1c2cc(OC(F)(F)F)ccc2C(C#N)C1c1ccc(NS(C)(=O)=O)cc1. The Morgan fingerprint density at radius 2 is 1.86 bits per heavy atom. The number of nitrogens with one attached hydrogen (secondary N) is 1. The van der Waals surface area contributed by atoms with Crippen LogP contribution in [0, 0.1) is 11.3 Å². The van der Waals surface area contributed by atoms with Crippen molar-refractivity contribution in [2.45, 2.75) is 25.2 Å². The van der Waals surface area contributed by atoms with Crippen molar-refractivity contribution in [2.75, 3.05) is 22.4 Å². The molecule has 6 nitrogen and oxygen atoms in total. The lowest BCUT2D eigenvalue weighted by Gasteiger charge is -2.28. The molecule has 0 saturated heterocycles. The molecular weight excluding hydrogens is 407 g/mol. The van der Waals surface area contributed by atoms with Gasteiger partial charge < -0.3 is 9.64 Å². The van der Waals surface area contributed by atoms with Crippen molar-refractivity contribution in [3.05, 3.63) is 53.6 Å². The monoisotopic (exact) mass is 425 g/mol. The van der Waals surface area contributed by atoms with Crippen LogP contribution in [0.1, 0.15) is 30.0 Å². The minimum atomic E-state index is -4.81. The van der Waals surface area contributed by atoms with Crippen molar-refractivity contribution in [1.82, 2.24) is 0 Å². The Morgan fingerprint density at radius 3 is 2.38 bits per heavy atom. The Hall–Kier alpha value is -2.93. The van der Waals surface area contributed by atoms with Gasteiger partial charge in [-0.1, -0.05) is 18.2 Å². The second-order valence-electron chi connectivity index (χ2n) is 6.60. The summed E-state index contributed by atoms with van der Waals surface area (Å²) in [5.74, 6) is -0.946. The van der Waals surface area contributed by atoms with Crippen LogP contribution >= 0.6 is 0 Å². The molecule has 0 aliphatic carbocycles. The van der Waals surface area contributed by atoms with Gasteiger partial charge in [0.25, 0.3) is 0 Å². The second kappa shape index (κ2) is 7.48. The lowest BCUT2D eigenvalue weighted by atomic mass is 9.91. The molecule has 1 aliphatic rings. The number of halogens is 3. The molecule has 1 aliphatic heterocycles. The fourth-order valence-corrected chi connectivity index (χ4v) is 4.14. The van der Waals surface area contributed by atoms with Crippen molar-refractivity contribution in [3.8, 4) is 11.8 Å². The van der Waals surface area contributed by atoms with E-state index in [1.54, 1.807) is 24.3 Å². The zero-order valence-corrected chi connectivity index (χ0v) is 16.4. The van der Waals surface area contributed by atoms with Crippen LogP contribution in [0.5, 0.6) is 5.75 Å². The predicted octanol–water partition coefficient (Wildman–Crippen LogP) is 4.15. The van der Waals surface area contributed by atoms with Crippen LogP contribution in [0.25, 0.3) is 0 Å². The summed E-state index contributed by atoms with van der Waals surface area (Å²) in [6.07, 6.45) is -3.76. The highest BCUT2D eigenvalue weighted by Crippen LogP contribution is 2.50. The molecule has 29 heavy (non-hydrogen) atoms. The number of anilines is 2. The minimum Gasteiger partial charge on any atom is -0.406 e. The minimum absolute atomic E-state index is 0.347. The fraction of sp³-hybridized carbons (Fsp3) is 0.316. The van der Waals surface area contributed by atoms with Crippen molar-refractivity contribution in [2.24, 2.45) is 0 Å². The molecule has 0 spiro atoms. The molecule has 2 unspecified atom stereocenters. The highest BCUT2D eigenvalue weighted by atomic mass is 32.2. The molecule has 1 N–H and O–H groups in total. The van der Waals surface area contributed by atoms with E-state index in [4.69, 9.17) is 0 Å². The van der Waals surface area contributed by atoms with Crippen molar-refractivity contribution >= 4 is 21.4 Å². The number of fused-ring (bicyclic) bond motifs is 1. The quantitative estimate of drug-likeness (QED) is 0.778. The molecular formula is C19H18F3N3O3S. The van der Waals surface area contributed by atoms with E-state index < -0.39 is 28.3 Å². The Bertz CT molecular complexity index is 1050. The maximum absolute atomic E-state index is 12.6. The van der Waals surface area contributed by atoms with Crippen LogP contribution in [0.4, 0.5) is 24.5 Å².